The molecule has 2 aliphatic rings. The fourth-order valence-electron chi connectivity index (χ4n) is 2.93. The van der Waals surface area contributed by atoms with Crippen molar-refractivity contribution < 1.29 is 17.9 Å². The van der Waals surface area contributed by atoms with Crippen molar-refractivity contribution in [3.63, 3.8) is 0 Å². The lowest BCUT2D eigenvalue weighted by atomic mass is 10.1. The second kappa shape index (κ2) is 5.33. The average molecular weight is 323 g/mol. The van der Waals surface area contributed by atoms with Gasteiger partial charge in [-0.3, -0.25) is 0 Å². The second-order valence-corrected chi connectivity index (χ2v) is 6.09. The number of aromatic nitrogens is 3. The predicted octanol–water partition coefficient (Wildman–Crippen LogP) is 3.67. The van der Waals surface area contributed by atoms with Crippen LogP contribution in [0.1, 0.15) is 48.3 Å². The molecular formula is C16H16F3N3O. The molecule has 2 heterocycles. The third-order valence-electron chi connectivity index (χ3n) is 4.32. The highest BCUT2D eigenvalue weighted by molar-refractivity contribution is 5.43. The molecule has 1 atom stereocenters. The first kappa shape index (κ1) is 14.7. The fraction of sp³-hybridized carbons (Fsp3) is 0.500. The summed E-state index contributed by atoms with van der Waals surface area (Å²) >= 11 is 0. The van der Waals surface area contributed by atoms with Gasteiger partial charge in [0.25, 0.3) is 0 Å². The summed E-state index contributed by atoms with van der Waals surface area (Å²) in [6.45, 7) is 1.09. The molecule has 0 spiro atoms. The minimum Gasteiger partial charge on any atom is -0.381 e. The molecule has 7 heteroatoms. The summed E-state index contributed by atoms with van der Waals surface area (Å²) < 4.78 is 46.8. The summed E-state index contributed by atoms with van der Waals surface area (Å²) in [6, 6.07) is 5.53. The van der Waals surface area contributed by atoms with E-state index in [0.717, 1.165) is 25.3 Å². The zero-order valence-corrected chi connectivity index (χ0v) is 12.4. The van der Waals surface area contributed by atoms with Gasteiger partial charge in [-0.05, 0) is 31.4 Å². The van der Waals surface area contributed by atoms with Crippen LogP contribution in [0.4, 0.5) is 13.2 Å². The van der Waals surface area contributed by atoms with Gasteiger partial charge in [0.15, 0.2) is 5.82 Å². The molecule has 2 aromatic rings. The molecular weight excluding hydrogens is 307 g/mol. The van der Waals surface area contributed by atoms with Gasteiger partial charge in [-0.25, -0.2) is 9.67 Å². The quantitative estimate of drug-likeness (QED) is 0.865. The number of ether oxygens (including phenoxy) is 1. The minimum atomic E-state index is -4.42. The Morgan fingerprint density at radius 3 is 2.52 bits per heavy atom. The monoisotopic (exact) mass is 323 g/mol. The van der Waals surface area contributed by atoms with Gasteiger partial charge in [0.05, 0.1) is 17.9 Å². The van der Waals surface area contributed by atoms with Crippen molar-refractivity contribution in [1.29, 1.82) is 0 Å². The van der Waals surface area contributed by atoms with Crippen molar-refractivity contribution in [2.75, 3.05) is 13.2 Å². The van der Waals surface area contributed by atoms with Gasteiger partial charge >= 0.3 is 6.18 Å². The maximum Gasteiger partial charge on any atom is 0.418 e. The number of benzene rings is 1. The SMILES string of the molecule is FC(F)(F)c1ccccc1-n1nc(C2CC2)nc1C1CCOC1. The smallest absolute Gasteiger partial charge is 0.381 e. The van der Waals surface area contributed by atoms with Crippen LogP contribution in [-0.2, 0) is 10.9 Å². The molecule has 122 valence electrons. The zero-order valence-electron chi connectivity index (χ0n) is 12.4. The van der Waals surface area contributed by atoms with Crippen LogP contribution in [0, 0.1) is 0 Å². The van der Waals surface area contributed by atoms with Gasteiger partial charge in [0.1, 0.15) is 5.82 Å². The lowest BCUT2D eigenvalue weighted by Gasteiger charge is -2.15. The van der Waals surface area contributed by atoms with Crippen LogP contribution in [0.15, 0.2) is 24.3 Å². The third-order valence-corrected chi connectivity index (χ3v) is 4.32. The van der Waals surface area contributed by atoms with E-state index >= 15 is 0 Å². The van der Waals surface area contributed by atoms with Gasteiger partial charge in [-0.1, -0.05) is 12.1 Å². The van der Waals surface area contributed by atoms with E-state index in [4.69, 9.17) is 4.74 Å². The summed E-state index contributed by atoms with van der Waals surface area (Å²) in [6.07, 6.45) is -1.65. The number of hydrogen-bond acceptors (Lipinski definition) is 3. The number of hydrogen-bond donors (Lipinski definition) is 0. The summed E-state index contributed by atoms with van der Waals surface area (Å²) in [5, 5.41) is 4.41. The highest BCUT2D eigenvalue weighted by atomic mass is 19.4. The van der Waals surface area contributed by atoms with Crippen LogP contribution < -0.4 is 0 Å². The number of rotatable bonds is 3. The van der Waals surface area contributed by atoms with Gasteiger partial charge in [-0.2, -0.15) is 18.3 Å². The third kappa shape index (κ3) is 2.73. The van der Waals surface area contributed by atoms with E-state index in [2.05, 4.69) is 10.1 Å². The summed E-state index contributed by atoms with van der Waals surface area (Å²) in [5.74, 6) is 1.52. The maximum atomic E-state index is 13.3. The lowest BCUT2D eigenvalue weighted by molar-refractivity contribution is -0.137. The van der Waals surface area contributed by atoms with Crippen LogP contribution in [0.3, 0.4) is 0 Å². The highest BCUT2D eigenvalue weighted by Gasteiger charge is 2.37. The van der Waals surface area contributed by atoms with E-state index in [1.54, 1.807) is 6.07 Å². The first-order chi connectivity index (χ1) is 11.0. The molecule has 1 aliphatic carbocycles. The Kier molecular flexibility index (Phi) is 3.41. The van der Waals surface area contributed by atoms with E-state index in [-0.39, 0.29) is 17.5 Å². The molecule has 23 heavy (non-hydrogen) atoms. The molecule has 2 fully saturated rings. The van der Waals surface area contributed by atoms with E-state index in [0.29, 0.717) is 24.9 Å². The standard InChI is InChI=1S/C16H16F3N3O/c17-16(18,19)12-3-1-2-4-13(12)22-15(11-7-8-23-9-11)20-14(21-22)10-5-6-10/h1-4,10-11H,5-9H2. The molecule has 1 unspecified atom stereocenters. The Morgan fingerprint density at radius 2 is 1.87 bits per heavy atom. The largest absolute Gasteiger partial charge is 0.418 e. The van der Waals surface area contributed by atoms with Crippen molar-refractivity contribution in [2.24, 2.45) is 0 Å². The van der Waals surface area contributed by atoms with Crippen molar-refractivity contribution >= 4 is 0 Å². The van der Waals surface area contributed by atoms with Crippen LogP contribution >= 0.6 is 0 Å². The van der Waals surface area contributed by atoms with Crippen LogP contribution in [0.2, 0.25) is 0 Å². The van der Waals surface area contributed by atoms with Crippen LogP contribution in [-0.4, -0.2) is 28.0 Å². The highest BCUT2D eigenvalue weighted by Crippen LogP contribution is 2.40. The predicted molar refractivity (Wildman–Crippen MR) is 76.5 cm³/mol. The van der Waals surface area contributed by atoms with Gasteiger partial charge in [0, 0.05) is 18.4 Å². The summed E-state index contributed by atoms with van der Waals surface area (Å²) in [4.78, 5) is 4.56. The first-order valence-electron chi connectivity index (χ1n) is 7.75. The zero-order chi connectivity index (χ0) is 16.0. The molecule has 0 bridgehead atoms. The lowest BCUT2D eigenvalue weighted by Crippen LogP contribution is -2.15. The Bertz CT molecular complexity index is 716. The number of alkyl halides is 3. The average Bonchev–Trinajstić information content (AvgIpc) is 3.06. The van der Waals surface area contributed by atoms with Crippen molar-refractivity contribution in [3.8, 4) is 5.69 Å². The fourth-order valence-corrected chi connectivity index (χ4v) is 2.93. The second-order valence-electron chi connectivity index (χ2n) is 6.09. The topological polar surface area (TPSA) is 39.9 Å². The maximum absolute atomic E-state index is 13.3. The Hall–Kier alpha value is -1.89. The molecule has 0 N–H and O–H groups in total. The number of para-hydroxylation sites is 1. The molecule has 1 saturated carbocycles. The van der Waals surface area contributed by atoms with E-state index in [1.807, 2.05) is 0 Å². The molecule has 1 aromatic carbocycles. The van der Waals surface area contributed by atoms with E-state index in [9.17, 15) is 13.2 Å². The molecule has 1 aliphatic heterocycles. The normalized spacial score (nSPS) is 21.8. The molecule has 1 saturated heterocycles. The molecule has 0 radical (unpaired) electrons. The van der Waals surface area contributed by atoms with Crippen molar-refractivity contribution in [3.05, 3.63) is 41.5 Å². The van der Waals surface area contributed by atoms with Crippen molar-refractivity contribution in [2.45, 2.75) is 37.3 Å². The summed E-state index contributed by atoms with van der Waals surface area (Å²) in [5.41, 5.74) is -0.645. The van der Waals surface area contributed by atoms with Gasteiger partial charge < -0.3 is 4.74 Å². The molecule has 4 nitrogen and oxygen atoms in total. The molecule has 4 rings (SSSR count). The number of nitrogens with zero attached hydrogens (tertiary/aromatic N) is 3. The van der Waals surface area contributed by atoms with Crippen LogP contribution in [0.25, 0.3) is 5.69 Å². The van der Waals surface area contributed by atoms with Gasteiger partial charge in [0.2, 0.25) is 0 Å². The Morgan fingerprint density at radius 1 is 1.09 bits per heavy atom. The Balaban J connectivity index is 1.85. The van der Waals surface area contributed by atoms with E-state index < -0.39 is 11.7 Å². The first-order valence-corrected chi connectivity index (χ1v) is 7.75. The van der Waals surface area contributed by atoms with Crippen LogP contribution in [0.5, 0.6) is 0 Å². The van der Waals surface area contributed by atoms with Gasteiger partial charge in [-0.15, -0.1) is 0 Å². The van der Waals surface area contributed by atoms with Crippen molar-refractivity contribution in [1.82, 2.24) is 14.8 Å². The summed E-state index contributed by atoms with van der Waals surface area (Å²) in [7, 11) is 0. The molecule has 0 amide bonds. The van der Waals surface area contributed by atoms with E-state index in [1.165, 1.54) is 16.8 Å². The minimum absolute atomic E-state index is 0.00344. The molecule has 1 aromatic heterocycles. The Labute approximate surface area is 131 Å². The number of halogens is 3.